The van der Waals surface area contributed by atoms with Crippen molar-refractivity contribution in [3.05, 3.63) is 76.4 Å². The highest BCUT2D eigenvalue weighted by molar-refractivity contribution is 9.10. The van der Waals surface area contributed by atoms with E-state index in [1.807, 2.05) is 30.3 Å². The minimum atomic E-state index is -0.731. The minimum Gasteiger partial charge on any atom is -0.481 e. The van der Waals surface area contributed by atoms with Crippen molar-refractivity contribution in [1.29, 1.82) is 5.26 Å². The average molecular weight is 425 g/mol. The minimum absolute atomic E-state index is 0.300. The molecule has 3 aromatic rings. The van der Waals surface area contributed by atoms with Gasteiger partial charge in [0.1, 0.15) is 11.6 Å². The van der Waals surface area contributed by atoms with Crippen molar-refractivity contribution in [3.63, 3.8) is 0 Å². The molecule has 27 heavy (non-hydrogen) atoms. The van der Waals surface area contributed by atoms with Crippen LogP contribution >= 0.6 is 15.9 Å². The predicted molar refractivity (Wildman–Crippen MR) is 105 cm³/mol. The molecule has 0 aliphatic rings. The van der Waals surface area contributed by atoms with Gasteiger partial charge in [0.15, 0.2) is 6.10 Å². The Balaban J connectivity index is 1.67. The number of ether oxygens (including phenoxy) is 1. The first-order valence-corrected chi connectivity index (χ1v) is 9.09. The monoisotopic (exact) mass is 424 g/mol. The molecular formula is C20H17BrN4O2. The average Bonchev–Trinajstić information content (AvgIpc) is 3.10. The number of halogens is 1. The molecule has 1 atom stereocenters. The van der Waals surface area contributed by atoms with Crippen LogP contribution in [0.25, 0.3) is 0 Å². The Kier molecular flexibility index (Phi) is 5.89. The molecule has 1 heterocycles. The van der Waals surface area contributed by atoms with Gasteiger partial charge in [-0.3, -0.25) is 4.79 Å². The van der Waals surface area contributed by atoms with Crippen molar-refractivity contribution in [3.8, 4) is 11.8 Å². The van der Waals surface area contributed by atoms with Crippen molar-refractivity contribution in [2.75, 3.05) is 5.32 Å². The second kappa shape index (κ2) is 8.52. The summed E-state index contributed by atoms with van der Waals surface area (Å²) in [4.78, 5) is 12.5. The topological polar surface area (TPSA) is 79.9 Å². The van der Waals surface area contributed by atoms with Gasteiger partial charge >= 0.3 is 0 Å². The third kappa shape index (κ3) is 4.74. The molecule has 1 aromatic heterocycles. The third-order valence-electron chi connectivity index (χ3n) is 3.89. The number of rotatable bonds is 6. The van der Waals surface area contributed by atoms with E-state index in [0.717, 1.165) is 10.0 Å². The molecule has 6 nitrogen and oxygen atoms in total. The van der Waals surface area contributed by atoms with E-state index in [4.69, 9.17) is 10.00 Å². The van der Waals surface area contributed by atoms with E-state index in [1.54, 1.807) is 48.1 Å². The summed E-state index contributed by atoms with van der Waals surface area (Å²) in [6.07, 6.45) is 0.903. The number of carbonyl (C=O) groups is 1. The number of nitriles is 1. The first-order chi connectivity index (χ1) is 13.1. The highest BCUT2D eigenvalue weighted by atomic mass is 79.9. The zero-order valence-corrected chi connectivity index (χ0v) is 16.2. The van der Waals surface area contributed by atoms with E-state index in [9.17, 15) is 4.79 Å². The highest BCUT2D eigenvalue weighted by Gasteiger charge is 2.17. The number of nitrogens with zero attached hydrogens (tertiary/aromatic N) is 3. The first kappa shape index (κ1) is 18.7. The fraction of sp³-hybridized carbons (Fsp3) is 0.150. The van der Waals surface area contributed by atoms with Gasteiger partial charge in [-0.05, 0) is 36.8 Å². The van der Waals surface area contributed by atoms with Gasteiger partial charge in [0.25, 0.3) is 5.91 Å². The molecule has 1 N–H and O–H groups in total. The van der Waals surface area contributed by atoms with Crippen LogP contribution in [0.1, 0.15) is 18.1 Å². The summed E-state index contributed by atoms with van der Waals surface area (Å²) in [6.45, 7) is 2.17. The van der Waals surface area contributed by atoms with Crippen molar-refractivity contribution < 1.29 is 9.53 Å². The molecule has 1 amide bonds. The second-order valence-electron chi connectivity index (χ2n) is 5.85. The Hall–Kier alpha value is -3.11. The SMILES string of the molecule is CC(Oc1cccc(C#N)c1)C(=O)Nc1ccnn1Cc1ccccc1Br. The van der Waals surface area contributed by atoms with Crippen LogP contribution in [0.2, 0.25) is 0 Å². The number of hydrogen-bond donors (Lipinski definition) is 1. The van der Waals surface area contributed by atoms with Crippen LogP contribution < -0.4 is 10.1 Å². The summed E-state index contributed by atoms with van der Waals surface area (Å²) in [7, 11) is 0. The maximum Gasteiger partial charge on any atom is 0.266 e. The van der Waals surface area contributed by atoms with Crippen LogP contribution in [0, 0.1) is 11.3 Å². The summed E-state index contributed by atoms with van der Waals surface area (Å²) in [5, 5.41) is 16.1. The van der Waals surface area contributed by atoms with Gasteiger partial charge in [-0.25, -0.2) is 4.68 Å². The lowest BCUT2D eigenvalue weighted by molar-refractivity contribution is -0.122. The molecule has 0 aliphatic carbocycles. The number of carbonyl (C=O) groups excluding carboxylic acids is 1. The molecule has 0 bridgehead atoms. The summed E-state index contributed by atoms with van der Waals surface area (Å²) in [5.41, 5.74) is 1.53. The number of amides is 1. The van der Waals surface area contributed by atoms with Crippen LogP contribution in [0.15, 0.2) is 65.3 Å². The predicted octanol–water partition coefficient (Wildman–Crippen LogP) is 3.97. The van der Waals surface area contributed by atoms with E-state index >= 15 is 0 Å². The van der Waals surface area contributed by atoms with Gasteiger partial charge < -0.3 is 10.1 Å². The summed E-state index contributed by atoms with van der Waals surface area (Å²) >= 11 is 3.52. The number of aromatic nitrogens is 2. The first-order valence-electron chi connectivity index (χ1n) is 8.29. The number of nitrogens with one attached hydrogen (secondary N) is 1. The van der Waals surface area contributed by atoms with Crippen molar-refractivity contribution >= 4 is 27.7 Å². The van der Waals surface area contributed by atoms with E-state index in [2.05, 4.69) is 26.3 Å². The Labute approximate surface area is 165 Å². The zero-order valence-electron chi connectivity index (χ0n) is 14.6. The maximum absolute atomic E-state index is 12.5. The molecule has 0 aliphatic heterocycles. The normalized spacial score (nSPS) is 11.4. The van der Waals surface area contributed by atoms with Crippen molar-refractivity contribution in [2.45, 2.75) is 19.6 Å². The van der Waals surface area contributed by atoms with Gasteiger partial charge in [-0.1, -0.05) is 40.2 Å². The fourth-order valence-corrected chi connectivity index (χ4v) is 2.89. The van der Waals surface area contributed by atoms with E-state index in [1.165, 1.54) is 0 Å². The van der Waals surface area contributed by atoms with Gasteiger partial charge in [0.05, 0.1) is 24.4 Å². The fourth-order valence-electron chi connectivity index (χ4n) is 2.48. The molecule has 2 aromatic carbocycles. The Morgan fingerprint density at radius 3 is 2.89 bits per heavy atom. The van der Waals surface area contributed by atoms with Crippen molar-refractivity contribution in [2.24, 2.45) is 0 Å². The van der Waals surface area contributed by atoms with Crippen LogP contribution in [-0.4, -0.2) is 21.8 Å². The van der Waals surface area contributed by atoms with Crippen LogP contribution in [-0.2, 0) is 11.3 Å². The molecule has 0 radical (unpaired) electrons. The quantitative estimate of drug-likeness (QED) is 0.648. The summed E-state index contributed by atoms with van der Waals surface area (Å²) in [5.74, 6) is 0.752. The summed E-state index contributed by atoms with van der Waals surface area (Å²) in [6, 6.07) is 18.3. The van der Waals surface area contributed by atoms with Crippen LogP contribution in [0.3, 0.4) is 0 Å². The molecular weight excluding hydrogens is 408 g/mol. The molecule has 0 fully saturated rings. The largest absolute Gasteiger partial charge is 0.481 e. The van der Waals surface area contributed by atoms with Crippen LogP contribution in [0.5, 0.6) is 5.75 Å². The molecule has 7 heteroatoms. The third-order valence-corrected chi connectivity index (χ3v) is 4.66. The highest BCUT2D eigenvalue weighted by Crippen LogP contribution is 2.19. The van der Waals surface area contributed by atoms with Gasteiger partial charge in [-0.2, -0.15) is 10.4 Å². The Bertz CT molecular complexity index is 993. The Morgan fingerprint density at radius 1 is 1.30 bits per heavy atom. The van der Waals surface area contributed by atoms with E-state index < -0.39 is 6.10 Å². The molecule has 3 rings (SSSR count). The molecule has 0 saturated heterocycles. The van der Waals surface area contributed by atoms with Crippen LogP contribution in [0.4, 0.5) is 5.82 Å². The standard InChI is InChI=1S/C20H17BrN4O2/c1-14(27-17-7-4-5-15(11-17)12-22)20(26)24-19-9-10-23-25(19)13-16-6-2-3-8-18(16)21/h2-11,14H,13H2,1H3,(H,24,26). The smallest absolute Gasteiger partial charge is 0.266 e. The number of anilines is 1. The molecule has 0 spiro atoms. The zero-order chi connectivity index (χ0) is 19.2. The van der Waals surface area contributed by atoms with Gasteiger partial charge in [0, 0.05) is 10.5 Å². The number of benzene rings is 2. The maximum atomic E-state index is 12.5. The molecule has 1 unspecified atom stereocenters. The lowest BCUT2D eigenvalue weighted by atomic mass is 10.2. The molecule has 136 valence electrons. The second-order valence-corrected chi connectivity index (χ2v) is 6.71. The lowest BCUT2D eigenvalue weighted by Crippen LogP contribution is -2.31. The van der Waals surface area contributed by atoms with Gasteiger partial charge in [-0.15, -0.1) is 0 Å². The van der Waals surface area contributed by atoms with Crippen molar-refractivity contribution in [1.82, 2.24) is 9.78 Å². The lowest BCUT2D eigenvalue weighted by Gasteiger charge is -2.16. The summed E-state index contributed by atoms with van der Waals surface area (Å²) < 4.78 is 8.33. The molecule has 0 saturated carbocycles. The van der Waals surface area contributed by atoms with Gasteiger partial charge in [0.2, 0.25) is 0 Å². The van der Waals surface area contributed by atoms with E-state index in [0.29, 0.717) is 23.7 Å². The Morgan fingerprint density at radius 2 is 2.11 bits per heavy atom. The number of hydrogen-bond acceptors (Lipinski definition) is 4. The van der Waals surface area contributed by atoms with E-state index in [-0.39, 0.29) is 5.91 Å².